The SMILES string of the molecule is N[C@@H](c1cc(F)c(F)cc1C(F)(F)F)C(F)(F)F. The molecule has 1 atom stereocenters. The molecule has 0 amide bonds. The zero-order chi connectivity index (χ0) is 14.3. The van der Waals surface area contributed by atoms with Crippen LogP contribution in [0.4, 0.5) is 35.1 Å². The highest BCUT2D eigenvalue weighted by Crippen LogP contribution is 2.39. The highest BCUT2D eigenvalue weighted by molar-refractivity contribution is 5.34. The van der Waals surface area contributed by atoms with Crippen molar-refractivity contribution in [2.24, 2.45) is 5.73 Å². The van der Waals surface area contributed by atoms with E-state index < -0.39 is 41.2 Å². The molecule has 0 spiro atoms. The molecule has 1 rings (SSSR count). The fourth-order valence-corrected chi connectivity index (χ4v) is 1.24. The van der Waals surface area contributed by atoms with Crippen LogP contribution < -0.4 is 5.73 Å². The van der Waals surface area contributed by atoms with Gasteiger partial charge < -0.3 is 5.73 Å². The molecule has 0 saturated carbocycles. The standard InChI is InChI=1S/C9H5F8N/c10-5-1-3(7(18)9(15,16)17)4(2-6(5)11)8(12,13)14/h1-2,7H,18H2/t7-/m0/s1. The number of nitrogens with two attached hydrogens (primary N) is 1. The lowest BCUT2D eigenvalue weighted by atomic mass is 9.99. The predicted molar refractivity (Wildman–Crippen MR) is 44.3 cm³/mol. The van der Waals surface area contributed by atoms with Crippen LogP contribution in [0.1, 0.15) is 17.2 Å². The predicted octanol–water partition coefficient (Wildman–Crippen LogP) is 3.55. The van der Waals surface area contributed by atoms with Gasteiger partial charge in [-0.1, -0.05) is 0 Å². The Morgan fingerprint density at radius 2 is 1.33 bits per heavy atom. The molecule has 0 fully saturated rings. The average Bonchev–Trinajstić information content (AvgIpc) is 2.17. The van der Waals surface area contributed by atoms with Crippen LogP contribution in [-0.4, -0.2) is 6.18 Å². The topological polar surface area (TPSA) is 26.0 Å². The van der Waals surface area contributed by atoms with E-state index in [1.807, 2.05) is 0 Å². The quantitative estimate of drug-likeness (QED) is 0.782. The van der Waals surface area contributed by atoms with Gasteiger partial charge in [0.1, 0.15) is 6.04 Å². The molecular weight excluding hydrogens is 274 g/mol. The summed E-state index contributed by atoms with van der Waals surface area (Å²) in [5, 5.41) is 0. The van der Waals surface area contributed by atoms with Crippen LogP contribution in [0.15, 0.2) is 12.1 Å². The molecule has 1 aromatic carbocycles. The van der Waals surface area contributed by atoms with Crippen molar-refractivity contribution in [2.45, 2.75) is 18.4 Å². The Labute approximate surface area is 95.2 Å². The van der Waals surface area contributed by atoms with E-state index in [-0.39, 0.29) is 12.1 Å². The summed E-state index contributed by atoms with van der Waals surface area (Å²) in [4.78, 5) is 0. The molecule has 0 aliphatic carbocycles. The minimum Gasteiger partial charge on any atom is -0.316 e. The summed E-state index contributed by atoms with van der Waals surface area (Å²) >= 11 is 0. The van der Waals surface area contributed by atoms with E-state index in [0.29, 0.717) is 0 Å². The maximum absolute atomic E-state index is 12.7. The van der Waals surface area contributed by atoms with Gasteiger partial charge in [0.2, 0.25) is 0 Å². The largest absolute Gasteiger partial charge is 0.416 e. The van der Waals surface area contributed by atoms with Crippen molar-refractivity contribution in [2.75, 3.05) is 0 Å². The van der Waals surface area contributed by atoms with Crippen molar-refractivity contribution >= 4 is 0 Å². The first kappa shape index (κ1) is 14.7. The first-order valence-electron chi connectivity index (χ1n) is 4.33. The zero-order valence-corrected chi connectivity index (χ0v) is 8.33. The second-order valence-corrected chi connectivity index (χ2v) is 3.37. The molecule has 2 N–H and O–H groups in total. The van der Waals surface area contributed by atoms with E-state index in [0.717, 1.165) is 0 Å². The third-order valence-corrected chi connectivity index (χ3v) is 2.09. The Kier molecular flexibility index (Phi) is 3.57. The van der Waals surface area contributed by atoms with Crippen molar-refractivity contribution < 1.29 is 35.1 Å². The van der Waals surface area contributed by atoms with E-state index in [2.05, 4.69) is 5.73 Å². The Morgan fingerprint density at radius 1 is 0.889 bits per heavy atom. The number of hydrogen-bond donors (Lipinski definition) is 1. The van der Waals surface area contributed by atoms with Crippen LogP contribution in [0.25, 0.3) is 0 Å². The fourth-order valence-electron chi connectivity index (χ4n) is 1.24. The van der Waals surface area contributed by atoms with Gasteiger partial charge in [-0.3, -0.25) is 0 Å². The average molecular weight is 279 g/mol. The summed E-state index contributed by atoms with van der Waals surface area (Å²) in [6.07, 6.45) is -10.5. The van der Waals surface area contributed by atoms with Gasteiger partial charge in [0.05, 0.1) is 5.56 Å². The van der Waals surface area contributed by atoms with Gasteiger partial charge in [-0.05, 0) is 17.7 Å². The van der Waals surface area contributed by atoms with Gasteiger partial charge in [-0.2, -0.15) is 26.3 Å². The molecule has 18 heavy (non-hydrogen) atoms. The molecule has 0 unspecified atom stereocenters. The molecule has 0 saturated heterocycles. The first-order valence-corrected chi connectivity index (χ1v) is 4.33. The lowest BCUT2D eigenvalue weighted by Crippen LogP contribution is -2.31. The van der Waals surface area contributed by atoms with Crippen LogP contribution in [0, 0.1) is 11.6 Å². The van der Waals surface area contributed by atoms with Crippen molar-refractivity contribution in [3.63, 3.8) is 0 Å². The third-order valence-electron chi connectivity index (χ3n) is 2.09. The van der Waals surface area contributed by atoms with Gasteiger partial charge in [0.25, 0.3) is 0 Å². The summed E-state index contributed by atoms with van der Waals surface area (Å²) < 4.78 is 99.3. The molecule has 0 aliphatic heterocycles. The summed E-state index contributed by atoms with van der Waals surface area (Å²) in [7, 11) is 0. The molecule has 1 nitrogen and oxygen atoms in total. The number of rotatable bonds is 1. The van der Waals surface area contributed by atoms with Crippen LogP contribution in [-0.2, 0) is 6.18 Å². The highest BCUT2D eigenvalue weighted by atomic mass is 19.4. The molecule has 0 bridgehead atoms. The monoisotopic (exact) mass is 279 g/mol. The smallest absolute Gasteiger partial charge is 0.316 e. The Morgan fingerprint density at radius 3 is 1.72 bits per heavy atom. The minimum atomic E-state index is -5.27. The maximum Gasteiger partial charge on any atom is 0.416 e. The molecular formula is C9H5F8N. The van der Waals surface area contributed by atoms with Crippen molar-refractivity contribution in [1.82, 2.24) is 0 Å². The van der Waals surface area contributed by atoms with E-state index in [1.165, 1.54) is 0 Å². The van der Waals surface area contributed by atoms with Crippen LogP contribution >= 0.6 is 0 Å². The number of alkyl halides is 6. The summed E-state index contributed by atoms with van der Waals surface area (Å²) in [5.41, 5.74) is 1.06. The number of halogens is 8. The molecule has 0 aliphatic rings. The highest BCUT2D eigenvalue weighted by Gasteiger charge is 2.44. The molecule has 0 heterocycles. The van der Waals surface area contributed by atoms with E-state index in [1.54, 1.807) is 0 Å². The van der Waals surface area contributed by atoms with Crippen molar-refractivity contribution in [3.05, 3.63) is 34.9 Å². The Bertz CT molecular complexity index is 447. The molecule has 0 radical (unpaired) electrons. The van der Waals surface area contributed by atoms with Crippen LogP contribution in [0.3, 0.4) is 0 Å². The molecule has 0 aromatic heterocycles. The van der Waals surface area contributed by atoms with Crippen molar-refractivity contribution in [3.8, 4) is 0 Å². The Hall–Kier alpha value is -1.38. The van der Waals surface area contributed by atoms with E-state index >= 15 is 0 Å². The maximum atomic E-state index is 12.7. The molecule has 102 valence electrons. The number of benzene rings is 1. The second kappa shape index (κ2) is 4.38. The van der Waals surface area contributed by atoms with Crippen molar-refractivity contribution in [1.29, 1.82) is 0 Å². The zero-order valence-electron chi connectivity index (χ0n) is 8.33. The second-order valence-electron chi connectivity index (χ2n) is 3.37. The molecule has 9 heteroatoms. The normalized spacial score (nSPS) is 14.7. The van der Waals surface area contributed by atoms with Gasteiger partial charge in [-0.25, -0.2) is 8.78 Å². The first-order chi connectivity index (χ1) is 7.94. The lowest BCUT2D eigenvalue weighted by Gasteiger charge is -2.20. The van der Waals surface area contributed by atoms with Crippen LogP contribution in [0.5, 0.6) is 0 Å². The number of hydrogen-bond acceptors (Lipinski definition) is 1. The van der Waals surface area contributed by atoms with Gasteiger partial charge in [0.15, 0.2) is 11.6 Å². The van der Waals surface area contributed by atoms with Crippen LogP contribution in [0.2, 0.25) is 0 Å². The third kappa shape index (κ3) is 2.89. The van der Waals surface area contributed by atoms with E-state index in [4.69, 9.17) is 0 Å². The lowest BCUT2D eigenvalue weighted by molar-refractivity contribution is -0.155. The van der Waals surface area contributed by atoms with Gasteiger partial charge >= 0.3 is 12.4 Å². The minimum absolute atomic E-state index is 0.198. The Balaban J connectivity index is 3.47. The fraction of sp³-hybridized carbons (Fsp3) is 0.333. The van der Waals surface area contributed by atoms with Gasteiger partial charge in [0, 0.05) is 0 Å². The summed E-state index contributed by atoms with van der Waals surface area (Å²) in [6, 6.07) is -3.60. The molecule has 1 aromatic rings. The van der Waals surface area contributed by atoms with E-state index in [9.17, 15) is 35.1 Å². The summed E-state index contributed by atoms with van der Waals surface area (Å²) in [6.45, 7) is 0. The van der Waals surface area contributed by atoms with Gasteiger partial charge in [-0.15, -0.1) is 0 Å². The summed E-state index contributed by atoms with van der Waals surface area (Å²) in [5.74, 6) is -3.74.